The van der Waals surface area contributed by atoms with Crippen molar-refractivity contribution in [2.24, 2.45) is 5.92 Å². The highest BCUT2D eigenvalue weighted by Crippen LogP contribution is 2.07. The molecule has 0 bridgehead atoms. The van der Waals surface area contributed by atoms with Crippen molar-refractivity contribution in [3.8, 4) is 0 Å². The maximum atomic E-state index is 9.19. The second kappa shape index (κ2) is 5.14. The Balaban J connectivity index is 2.16. The van der Waals surface area contributed by atoms with E-state index < -0.39 is 0 Å². The van der Waals surface area contributed by atoms with Crippen LogP contribution in [0.3, 0.4) is 0 Å². The van der Waals surface area contributed by atoms with Crippen LogP contribution in [0.5, 0.6) is 0 Å². The normalized spacial score (nSPS) is 11.3. The molecule has 2 aromatic rings. The summed E-state index contributed by atoms with van der Waals surface area (Å²) >= 11 is 0. The predicted molar refractivity (Wildman–Crippen MR) is 64.3 cm³/mol. The summed E-state index contributed by atoms with van der Waals surface area (Å²) in [7, 11) is 0. The van der Waals surface area contributed by atoms with Gasteiger partial charge in [0.15, 0.2) is 0 Å². The molecule has 92 valence electrons. The Morgan fingerprint density at radius 3 is 2.94 bits per heavy atom. The van der Waals surface area contributed by atoms with Gasteiger partial charge >= 0.3 is 0 Å². The fourth-order valence-corrected chi connectivity index (χ4v) is 1.81. The van der Waals surface area contributed by atoms with Crippen LogP contribution in [0.4, 0.5) is 0 Å². The average molecular weight is 234 g/mol. The van der Waals surface area contributed by atoms with Crippen LogP contribution in [0.15, 0.2) is 24.7 Å². The topological polar surface area (TPSA) is 55.9 Å². The molecule has 0 spiro atoms. The van der Waals surface area contributed by atoms with Crippen molar-refractivity contribution in [1.82, 2.24) is 19.3 Å². The van der Waals surface area contributed by atoms with E-state index in [2.05, 4.69) is 23.9 Å². The molecule has 0 saturated heterocycles. The van der Waals surface area contributed by atoms with E-state index in [1.165, 1.54) is 0 Å². The minimum Gasteiger partial charge on any atom is -0.390 e. The molecule has 0 aromatic carbocycles. The van der Waals surface area contributed by atoms with Crippen LogP contribution in [-0.2, 0) is 19.7 Å². The third-order valence-electron chi connectivity index (χ3n) is 2.63. The van der Waals surface area contributed by atoms with Crippen LogP contribution in [0.1, 0.15) is 25.4 Å². The minimum absolute atomic E-state index is 0.0469. The quantitative estimate of drug-likeness (QED) is 0.847. The van der Waals surface area contributed by atoms with E-state index in [1.54, 1.807) is 6.33 Å². The van der Waals surface area contributed by atoms with Crippen molar-refractivity contribution < 1.29 is 5.11 Å². The van der Waals surface area contributed by atoms with Crippen LogP contribution < -0.4 is 0 Å². The number of hydrogen-bond donors (Lipinski definition) is 1. The van der Waals surface area contributed by atoms with Gasteiger partial charge in [-0.15, -0.1) is 0 Å². The molecule has 0 saturated carbocycles. The first kappa shape index (κ1) is 11.9. The van der Waals surface area contributed by atoms with E-state index in [-0.39, 0.29) is 6.61 Å². The highest BCUT2D eigenvalue weighted by atomic mass is 16.3. The lowest BCUT2D eigenvalue weighted by atomic mass is 10.2. The fourth-order valence-electron chi connectivity index (χ4n) is 1.81. The van der Waals surface area contributed by atoms with Gasteiger partial charge in [0.1, 0.15) is 12.2 Å². The summed E-state index contributed by atoms with van der Waals surface area (Å²) in [6.07, 6.45) is 3.53. The Kier molecular flexibility index (Phi) is 3.58. The molecule has 0 aliphatic rings. The standard InChI is InChI=1S/C12H18N4O/c1-10(2)6-16-12(13-9-14-16)7-15-5-3-4-11(15)8-17/h3-5,9-10,17H,6-8H2,1-2H3. The maximum Gasteiger partial charge on any atom is 0.146 e. The third kappa shape index (κ3) is 2.74. The first-order chi connectivity index (χ1) is 8.20. The minimum atomic E-state index is 0.0469. The molecule has 0 unspecified atom stereocenters. The third-order valence-corrected chi connectivity index (χ3v) is 2.63. The molecule has 0 fully saturated rings. The Bertz CT molecular complexity index is 472. The summed E-state index contributed by atoms with van der Waals surface area (Å²) in [5.74, 6) is 1.46. The molecule has 0 radical (unpaired) electrons. The number of aliphatic hydroxyl groups excluding tert-OH is 1. The largest absolute Gasteiger partial charge is 0.390 e. The highest BCUT2D eigenvalue weighted by molar-refractivity contribution is 5.07. The van der Waals surface area contributed by atoms with Crippen LogP contribution in [0.2, 0.25) is 0 Å². The van der Waals surface area contributed by atoms with Gasteiger partial charge in [0, 0.05) is 18.4 Å². The van der Waals surface area contributed by atoms with Gasteiger partial charge in [0.2, 0.25) is 0 Å². The SMILES string of the molecule is CC(C)Cn1ncnc1Cn1cccc1CO. The van der Waals surface area contributed by atoms with E-state index in [1.807, 2.05) is 27.6 Å². The van der Waals surface area contributed by atoms with Gasteiger partial charge in [-0.05, 0) is 18.1 Å². The summed E-state index contributed by atoms with van der Waals surface area (Å²) in [6, 6.07) is 3.83. The summed E-state index contributed by atoms with van der Waals surface area (Å²) < 4.78 is 3.91. The summed E-state index contributed by atoms with van der Waals surface area (Å²) in [5, 5.41) is 13.4. The zero-order chi connectivity index (χ0) is 12.3. The molecule has 5 heteroatoms. The zero-order valence-electron chi connectivity index (χ0n) is 10.2. The second-order valence-electron chi connectivity index (χ2n) is 4.54. The van der Waals surface area contributed by atoms with Crippen molar-refractivity contribution in [3.63, 3.8) is 0 Å². The smallest absolute Gasteiger partial charge is 0.146 e. The van der Waals surface area contributed by atoms with Gasteiger partial charge in [-0.25, -0.2) is 9.67 Å². The first-order valence-corrected chi connectivity index (χ1v) is 5.82. The predicted octanol–water partition coefficient (Wildman–Crippen LogP) is 1.28. The van der Waals surface area contributed by atoms with Crippen molar-refractivity contribution in [3.05, 3.63) is 36.2 Å². The lowest BCUT2D eigenvalue weighted by Gasteiger charge is -2.10. The van der Waals surface area contributed by atoms with Crippen LogP contribution in [-0.4, -0.2) is 24.4 Å². The first-order valence-electron chi connectivity index (χ1n) is 5.82. The lowest BCUT2D eigenvalue weighted by Crippen LogP contribution is -2.14. The van der Waals surface area contributed by atoms with Gasteiger partial charge in [-0.2, -0.15) is 5.10 Å². The Hall–Kier alpha value is -1.62. The van der Waals surface area contributed by atoms with Gasteiger partial charge in [-0.1, -0.05) is 13.8 Å². The molecular weight excluding hydrogens is 216 g/mol. The van der Waals surface area contributed by atoms with Crippen LogP contribution in [0, 0.1) is 5.92 Å². The molecule has 17 heavy (non-hydrogen) atoms. The van der Waals surface area contributed by atoms with Crippen molar-refractivity contribution in [2.75, 3.05) is 0 Å². The highest BCUT2D eigenvalue weighted by Gasteiger charge is 2.08. The van der Waals surface area contributed by atoms with Crippen molar-refractivity contribution >= 4 is 0 Å². The summed E-state index contributed by atoms with van der Waals surface area (Å²) in [6.45, 7) is 5.87. The number of aliphatic hydroxyl groups is 1. The maximum absolute atomic E-state index is 9.19. The Labute approximate surface area is 101 Å². The van der Waals surface area contributed by atoms with E-state index in [9.17, 15) is 5.11 Å². The Morgan fingerprint density at radius 1 is 1.41 bits per heavy atom. The fraction of sp³-hybridized carbons (Fsp3) is 0.500. The zero-order valence-corrected chi connectivity index (χ0v) is 10.2. The number of aromatic nitrogens is 4. The molecule has 2 rings (SSSR count). The molecule has 0 aliphatic heterocycles. The van der Waals surface area contributed by atoms with E-state index in [0.29, 0.717) is 12.5 Å². The summed E-state index contributed by atoms with van der Waals surface area (Å²) in [5.41, 5.74) is 0.893. The second-order valence-corrected chi connectivity index (χ2v) is 4.54. The van der Waals surface area contributed by atoms with Gasteiger partial charge in [0.05, 0.1) is 13.2 Å². The van der Waals surface area contributed by atoms with Gasteiger partial charge < -0.3 is 9.67 Å². The van der Waals surface area contributed by atoms with Gasteiger partial charge in [0.25, 0.3) is 0 Å². The molecule has 5 nitrogen and oxygen atoms in total. The number of rotatable bonds is 5. The summed E-state index contributed by atoms with van der Waals surface area (Å²) in [4.78, 5) is 4.27. The monoisotopic (exact) mass is 234 g/mol. The Morgan fingerprint density at radius 2 is 2.24 bits per heavy atom. The van der Waals surface area contributed by atoms with E-state index >= 15 is 0 Å². The number of nitrogens with zero attached hydrogens (tertiary/aromatic N) is 4. The molecule has 1 N–H and O–H groups in total. The number of hydrogen-bond acceptors (Lipinski definition) is 3. The molecular formula is C12H18N4O. The van der Waals surface area contributed by atoms with Gasteiger partial charge in [-0.3, -0.25) is 0 Å². The van der Waals surface area contributed by atoms with Crippen molar-refractivity contribution in [2.45, 2.75) is 33.5 Å². The van der Waals surface area contributed by atoms with Crippen LogP contribution in [0.25, 0.3) is 0 Å². The molecule has 0 aliphatic carbocycles. The average Bonchev–Trinajstić information content (AvgIpc) is 2.88. The molecule has 2 heterocycles. The van der Waals surface area contributed by atoms with E-state index in [0.717, 1.165) is 18.1 Å². The molecule has 0 amide bonds. The van der Waals surface area contributed by atoms with E-state index in [4.69, 9.17) is 0 Å². The van der Waals surface area contributed by atoms with Crippen molar-refractivity contribution in [1.29, 1.82) is 0 Å². The molecule has 0 atom stereocenters. The van der Waals surface area contributed by atoms with Crippen LogP contribution >= 0.6 is 0 Å². The lowest BCUT2D eigenvalue weighted by molar-refractivity contribution is 0.271. The molecule has 2 aromatic heterocycles.